The number of rotatable bonds is 11. The highest BCUT2D eigenvalue weighted by molar-refractivity contribution is 9.10. The van der Waals surface area contributed by atoms with Crippen LogP contribution in [0.1, 0.15) is 62.9 Å². The number of esters is 1. The monoisotopic (exact) mass is 704 g/mol. The van der Waals surface area contributed by atoms with Crippen molar-refractivity contribution in [3.63, 3.8) is 0 Å². The third kappa shape index (κ3) is 7.13. The first kappa shape index (κ1) is 33.2. The molecule has 1 aliphatic heterocycles. The van der Waals surface area contributed by atoms with Crippen molar-refractivity contribution in [1.82, 2.24) is 4.57 Å². The number of ether oxygens (including phenoxy) is 4. The van der Waals surface area contributed by atoms with Gasteiger partial charge in [0.1, 0.15) is 18.4 Å². The van der Waals surface area contributed by atoms with E-state index in [1.54, 1.807) is 24.5 Å². The molecule has 0 unspecified atom stereocenters. The fourth-order valence-electron chi connectivity index (χ4n) is 5.34. The molecule has 0 bridgehead atoms. The van der Waals surface area contributed by atoms with Crippen LogP contribution in [-0.4, -0.2) is 29.9 Å². The molecule has 0 saturated carbocycles. The summed E-state index contributed by atoms with van der Waals surface area (Å²) in [5.74, 6) is 1.20. The summed E-state index contributed by atoms with van der Waals surface area (Å²) in [5.41, 5.74) is 4.14. The quantitative estimate of drug-likeness (QED) is 0.163. The smallest absolute Gasteiger partial charge is 0.338 e. The highest BCUT2D eigenvalue weighted by Crippen LogP contribution is 2.38. The van der Waals surface area contributed by atoms with E-state index in [2.05, 4.69) is 22.0 Å². The van der Waals surface area contributed by atoms with E-state index in [4.69, 9.17) is 23.9 Å². The Balaban J connectivity index is 1.62. The van der Waals surface area contributed by atoms with Gasteiger partial charge in [-0.2, -0.15) is 0 Å². The van der Waals surface area contributed by atoms with Crippen LogP contribution in [0.5, 0.6) is 17.2 Å². The van der Waals surface area contributed by atoms with Crippen LogP contribution in [0.4, 0.5) is 0 Å². The van der Waals surface area contributed by atoms with E-state index in [-0.39, 0.29) is 18.3 Å². The molecular formula is C36H37BrN2O6S. The molecular weight excluding hydrogens is 668 g/mol. The molecule has 240 valence electrons. The van der Waals surface area contributed by atoms with Gasteiger partial charge in [0.2, 0.25) is 0 Å². The summed E-state index contributed by atoms with van der Waals surface area (Å²) < 4.78 is 26.5. The largest absolute Gasteiger partial charge is 0.491 e. The number of para-hydroxylation sites is 1. The Morgan fingerprint density at radius 1 is 1.02 bits per heavy atom. The molecule has 0 radical (unpaired) electrons. The summed E-state index contributed by atoms with van der Waals surface area (Å²) >= 11 is 4.92. The van der Waals surface area contributed by atoms with Gasteiger partial charge in [-0.05, 0) is 92.9 Å². The van der Waals surface area contributed by atoms with Crippen molar-refractivity contribution in [3.05, 3.63) is 118 Å². The van der Waals surface area contributed by atoms with Crippen LogP contribution in [-0.2, 0) is 16.1 Å². The molecule has 46 heavy (non-hydrogen) atoms. The van der Waals surface area contributed by atoms with Crippen molar-refractivity contribution >= 4 is 39.3 Å². The number of fused-ring (bicyclic) bond motifs is 1. The number of allylic oxidation sites excluding steroid dienone is 1. The van der Waals surface area contributed by atoms with Gasteiger partial charge in [-0.15, -0.1) is 0 Å². The lowest BCUT2D eigenvalue weighted by molar-refractivity contribution is -0.139. The molecule has 0 spiro atoms. The lowest BCUT2D eigenvalue weighted by Gasteiger charge is -2.26. The summed E-state index contributed by atoms with van der Waals surface area (Å²) in [6.07, 6.45) is 1.69. The molecule has 4 aromatic rings. The maximum absolute atomic E-state index is 14.2. The molecule has 0 amide bonds. The highest BCUT2D eigenvalue weighted by Gasteiger charge is 2.35. The second-order valence-corrected chi connectivity index (χ2v) is 12.9. The second kappa shape index (κ2) is 14.5. The Kier molecular flexibility index (Phi) is 10.5. The van der Waals surface area contributed by atoms with Gasteiger partial charge in [-0.1, -0.05) is 59.4 Å². The maximum atomic E-state index is 14.2. The summed E-state index contributed by atoms with van der Waals surface area (Å²) in [6.45, 7) is 12.3. The SMILES string of the molecule is CCOC(=O)C1=C(C)N=c2s/c(=C/c3cc(Br)c(OCc4cccc(C)c4)c(OCC)c3)c(=O)n2[C@@H]1c1ccccc1OC(C)C. The molecule has 1 aromatic heterocycles. The number of hydrogen-bond donors (Lipinski definition) is 0. The van der Waals surface area contributed by atoms with Crippen molar-refractivity contribution in [1.29, 1.82) is 0 Å². The minimum absolute atomic E-state index is 0.116. The van der Waals surface area contributed by atoms with E-state index >= 15 is 0 Å². The van der Waals surface area contributed by atoms with Gasteiger partial charge in [0, 0.05) is 5.56 Å². The number of benzene rings is 3. The molecule has 0 N–H and O–H groups in total. The van der Waals surface area contributed by atoms with Crippen LogP contribution in [0, 0.1) is 6.92 Å². The van der Waals surface area contributed by atoms with Crippen molar-refractivity contribution < 1.29 is 23.7 Å². The number of aryl methyl sites for hydroxylation is 1. The van der Waals surface area contributed by atoms with Gasteiger partial charge in [0.05, 0.1) is 39.6 Å². The lowest BCUT2D eigenvalue weighted by Crippen LogP contribution is -2.40. The fourth-order valence-corrected chi connectivity index (χ4v) is 6.96. The van der Waals surface area contributed by atoms with Gasteiger partial charge in [0.25, 0.3) is 5.56 Å². The number of carbonyl (C=O) groups is 1. The first-order valence-corrected chi connectivity index (χ1v) is 16.8. The summed E-state index contributed by atoms with van der Waals surface area (Å²) in [7, 11) is 0. The first-order chi connectivity index (χ1) is 22.1. The average Bonchev–Trinajstić information content (AvgIpc) is 3.30. The normalized spacial score (nSPS) is 14.6. The van der Waals surface area contributed by atoms with Crippen molar-refractivity contribution in [2.45, 2.75) is 60.3 Å². The third-order valence-electron chi connectivity index (χ3n) is 7.19. The Bertz CT molecular complexity index is 1980. The molecule has 0 aliphatic carbocycles. The molecule has 5 rings (SSSR count). The highest BCUT2D eigenvalue weighted by atomic mass is 79.9. The number of nitrogens with zero attached hydrogens (tertiary/aromatic N) is 2. The van der Waals surface area contributed by atoms with E-state index in [1.807, 2.05) is 82.3 Å². The van der Waals surface area contributed by atoms with Crippen LogP contribution in [0.15, 0.2) is 86.2 Å². The predicted octanol–water partition coefficient (Wildman–Crippen LogP) is 6.63. The zero-order chi connectivity index (χ0) is 33.0. The van der Waals surface area contributed by atoms with Crippen LogP contribution in [0.3, 0.4) is 0 Å². The molecule has 10 heteroatoms. The Morgan fingerprint density at radius 2 is 1.80 bits per heavy atom. The minimum Gasteiger partial charge on any atom is -0.491 e. The molecule has 1 atom stereocenters. The summed E-state index contributed by atoms with van der Waals surface area (Å²) in [5, 5.41) is 0. The predicted molar refractivity (Wildman–Crippen MR) is 183 cm³/mol. The lowest BCUT2D eigenvalue weighted by atomic mass is 9.95. The number of hydrogen-bond acceptors (Lipinski definition) is 8. The van der Waals surface area contributed by atoms with Gasteiger partial charge < -0.3 is 18.9 Å². The van der Waals surface area contributed by atoms with Gasteiger partial charge in [0.15, 0.2) is 16.3 Å². The number of halogens is 1. The summed E-state index contributed by atoms with van der Waals surface area (Å²) in [6, 6.07) is 18.6. The standard InChI is InChI=1S/C36H37BrN2O6S/c1-7-42-29-18-25(17-27(37)33(29)44-20-24-13-11-12-22(5)16-24)19-30-34(40)39-32(26-14-9-10-15-28(26)45-21(3)4)31(35(41)43-8-2)23(6)38-36(39)46-30/h9-19,21,32H,7-8,20H2,1-6H3/b30-19+/t32-/m1/s1. The van der Waals surface area contributed by atoms with E-state index in [0.29, 0.717) is 61.1 Å². The topological polar surface area (TPSA) is 88.4 Å². The number of aromatic nitrogens is 1. The zero-order valence-electron chi connectivity index (χ0n) is 26.8. The van der Waals surface area contributed by atoms with E-state index in [0.717, 1.165) is 16.7 Å². The van der Waals surface area contributed by atoms with Gasteiger partial charge in [-0.25, -0.2) is 9.79 Å². The minimum atomic E-state index is -0.782. The number of thiazole rings is 1. The second-order valence-electron chi connectivity index (χ2n) is 11.0. The molecule has 1 aliphatic rings. The summed E-state index contributed by atoms with van der Waals surface area (Å²) in [4.78, 5) is 32.7. The molecule has 8 nitrogen and oxygen atoms in total. The number of carbonyl (C=O) groups excluding carboxylic acids is 1. The van der Waals surface area contributed by atoms with Crippen LogP contribution in [0.2, 0.25) is 0 Å². The van der Waals surface area contributed by atoms with E-state index in [9.17, 15) is 9.59 Å². The molecule has 0 saturated heterocycles. The van der Waals surface area contributed by atoms with Crippen LogP contribution >= 0.6 is 27.3 Å². The first-order valence-electron chi connectivity index (χ1n) is 15.2. The van der Waals surface area contributed by atoms with E-state index < -0.39 is 12.0 Å². The molecule has 0 fully saturated rings. The Hall–Kier alpha value is -4.15. The average molecular weight is 706 g/mol. The van der Waals surface area contributed by atoms with Crippen molar-refractivity contribution in [2.75, 3.05) is 13.2 Å². The maximum Gasteiger partial charge on any atom is 0.338 e. The van der Waals surface area contributed by atoms with Crippen molar-refractivity contribution in [2.24, 2.45) is 4.99 Å². The van der Waals surface area contributed by atoms with Crippen LogP contribution < -0.4 is 29.1 Å². The fraction of sp³-hybridized carbons (Fsp3) is 0.306. The van der Waals surface area contributed by atoms with Crippen molar-refractivity contribution in [3.8, 4) is 17.2 Å². The van der Waals surface area contributed by atoms with Gasteiger partial charge in [-0.3, -0.25) is 9.36 Å². The molecule has 3 aromatic carbocycles. The van der Waals surface area contributed by atoms with E-state index in [1.165, 1.54) is 11.3 Å². The van der Waals surface area contributed by atoms with Crippen LogP contribution in [0.25, 0.3) is 6.08 Å². The third-order valence-corrected chi connectivity index (χ3v) is 8.76. The Morgan fingerprint density at radius 3 is 2.52 bits per heavy atom. The molecule has 2 heterocycles. The zero-order valence-corrected chi connectivity index (χ0v) is 29.2. The van der Waals surface area contributed by atoms with Gasteiger partial charge >= 0.3 is 5.97 Å². The Labute approximate surface area is 280 Å².